The number of hydrogen-bond donors (Lipinski definition) is 0. The van der Waals surface area contributed by atoms with Gasteiger partial charge in [-0.2, -0.15) is 0 Å². The van der Waals surface area contributed by atoms with Gasteiger partial charge in [0.05, 0.1) is 5.41 Å². The van der Waals surface area contributed by atoms with Gasteiger partial charge in [0.2, 0.25) is 0 Å². The number of carbonyl (C=O) groups is 5. The van der Waals surface area contributed by atoms with Crippen LogP contribution in [0.1, 0.15) is 151 Å². The Labute approximate surface area is 363 Å². The predicted octanol–water partition coefficient (Wildman–Crippen LogP) is 13.0. The van der Waals surface area contributed by atoms with Crippen molar-refractivity contribution in [3.63, 3.8) is 0 Å². The molecule has 0 saturated carbocycles. The molecule has 300 valence electrons. The number of fused-ring (bicyclic) bond motifs is 6. The van der Waals surface area contributed by atoms with Crippen LogP contribution < -0.4 is 0 Å². The summed E-state index contributed by atoms with van der Waals surface area (Å²) < 4.78 is 3.01. The molecule has 0 fully saturated rings. The molecule has 2 atom stereocenters. The summed E-state index contributed by atoms with van der Waals surface area (Å²) in [7, 11) is 0. The van der Waals surface area contributed by atoms with Gasteiger partial charge in [-0.05, 0) is 149 Å². The first-order chi connectivity index (χ1) is 26.7. The molecule has 0 N–H and O–H groups in total. The second-order valence-electron chi connectivity index (χ2n) is 18.7. The number of Topliss-reactive ketones (excluding diaryl/α,β-unsaturated/α-hetero) is 3. The minimum absolute atomic E-state index is 0.00173. The number of aldehydes is 1. The summed E-state index contributed by atoms with van der Waals surface area (Å²) >= 11 is 10.5. The monoisotopic (exact) mass is 958 g/mol. The molecule has 2 unspecified atom stereocenters. The third-order valence-corrected chi connectivity index (χ3v) is 14.3. The average Bonchev–Trinajstić information content (AvgIpc) is 3.13. The van der Waals surface area contributed by atoms with E-state index in [1.54, 1.807) is 6.07 Å². The summed E-state index contributed by atoms with van der Waals surface area (Å²) in [5.41, 5.74) is 10.0. The number of carbonyl (C=O) groups excluding carboxylic acids is 5. The largest absolute Gasteiger partial charge is 0.302 e. The van der Waals surface area contributed by atoms with E-state index in [1.807, 2.05) is 32.1 Å². The third-order valence-electron chi connectivity index (χ3n) is 12.8. The van der Waals surface area contributed by atoms with Crippen LogP contribution in [0.4, 0.5) is 0 Å². The Hall–Kier alpha value is -3.07. The summed E-state index contributed by atoms with van der Waals surface area (Å²) in [6.45, 7) is 14.8. The van der Waals surface area contributed by atoms with Gasteiger partial charge in [-0.15, -0.1) is 0 Å². The molecule has 0 amide bonds. The molecule has 0 aromatic heterocycles. The second kappa shape index (κ2) is 16.5. The van der Waals surface area contributed by atoms with Gasteiger partial charge in [-0.1, -0.05) is 113 Å². The molecule has 5 aliphatic rings. The number of ketones is 4. The fourth-order valence-electron chi connectivity index (χ4n) is 10.0. The van der Waals surface area contributed by atoms with Gasteiger partial charge in [0.15, 0.2) is 11.6 Å². The summed E-state index contributed by atoms with van der Waals surface area (Å²) in [4.78, 5) is 59.3. The highest BCUT2D eigenvalue weighted by Crippen LogP contribution is 2.51. The van der Waals surface area contributed by atoms with Crippen molar-refractivity contribution in [2.75, 3.05) is 0 Å². The number of rotatable bonds is 4. The van der Waals surface area contributed by atoms with Crippen molar-refractivity contribution in [1.82, 2.24) is 0 Å². The van der Waals surface area contributed by atoms with E-state index in [0.29, 0.717) is 42.9 Å². The van der Waals surface area contributed by atoms with Crippen LogP contribution in [0.15, 0.2) is 79.7 Å². The SMILES string of the molecule is CC(=O)CCC1(C=O)CC(C)(C)c2ccc(Br)cc2C1=O.CC1(C)CC2=C(CC(=O)CC2)c2cc(Br)ccc21.CC1(C)CC2CCC(=O)C=C2c2cc(Br)ccc21. The predicted molar refractivity (Wildman–Crippen MR) is 240 cm³/mol. The molecule has 8 rings (SSSR count). The smallest absolute Gasteiger partial charge is 0.176 e. The summed E-state index contributed by atoms with van der Waals surface area (Å²) in [5.74, 6) is 1.07. The van der Waals surface area contributed by atoms with E-state index < -0.39 is 5.41 Å². The van der Waals surface area contributed by atoms with E-state index in [0.717, 1.165) is 57.4 Å². The lowest BCUT2D eigenvalue weighted by molar-refractivity contribution is -0.120. The lowest BCUT2D eigenvalue weighted by Gasteiger charge is -2.42. The van der Waals surface area contributed by atoms with Gasteiger partial charge in [-0.25, -0.2) is 0 Å². The van der Waals surface area contributed by atoms with Crippen LogP contribution in [0.25, 0.3) is 11.1 Å². The van der Waals surface area contributed by atoms with E-state index in [-0.39, 0.29) is 40.0 Å². The van der Waals surface area contributed by atoms with Crippen molar-refractivity contribution in [3.05, 3.63) is 113 Å². The zero-order valence-electron chi connectivity index (χ0n) is 34.2. The Balaban J connectivity index is 0.000000145. The molecule has 5 aliphatic carbocycles. The van der Waals surface area contributed by atoms with Crippen molar-refractivity contribution < 1.29 is 24.0 Å². The van der Waals surface area contributed by atoms with Crippen LogP contribution in [0.5, 0.6) is 0 Å². The van der Waals surface area contributed by atoms with E-state index in [1.165, 1.54) is 45.9 Å². The maximum absolute atomic E-state index is 12.9. The normalized spacial score (nSPS) is 23.4. The van der Waals surface area contributed by atoms with Crippen LogP contribution in [0.2, 0.25) is 0 Å². The van der Waals surface area contributed by atoms with Gasteiger partial charge in [-0.3, -0.25) is 14.4 Å². The molecule has 0 aliphatic heterocycles. The number of hydrogen-bond acceptors (Lipinski definition) is 5. The Morgan fingerprint density at radius 1 is 0.737 bits per heavy atom. The Morgan fingerprint density at radius 2 is 1.30 bits per heavy atom. The molecule has 0 spiro atoms. The highest BCUT2D eigenvalue weighted by atomic mass is 79.9. The van der Waals surface area contributed by atoms with Crippen LogP contribution in [0, 0.1) is 11.3 Å². The second-order valence-corrected chi connectivity index (χ2v) is 21.4. The number of halogens is 3. The fraction of sp³-hybridized carbons (Fsp3) is 0.449. The quantitative estimate of drug-likeness (QED) is 0.192. The van der Waals surface area contributed by atoms with Crippen molar-refractivity contribution in [2.24, 2.45) is 11.3 Å². The van der Waals surface area contributed by atoms with Crippen molar-refractivity contribution >= 4 is 88.4 Å². The van der Waals surface area contributed by atoms with Gasteiger partial charge < -0.3 is 9.59 Å². The Bertz CT molecular complexity index is 2240. The molecule has 57 heavy (non-hydrogen) atoms. The fourth-order valence-corrected chi connectivity index (χ4v) is 11.1. The summed E-state index contributed by atoms with van der Waals surface area (Å²) in [6, 6.07) is 18.6. The zero-order valence-corrected chi connectivity index (χ0v) is 38.9. The molecule has 3 aromatic rings. The van der Waals surface area contributed by atoms with Gasteiger partial charge in [0.1, 0.15) is 17.9 Å². The minimum atomic E-state index is -1.08. The average molecular weight is 962 g/mol. The first-order valence-electron chi connectivity index (χ1n) is 20.0. The van der Waals surface area contributed by atoms with Crippen LogP contribution >= 0.6 is 47.8 Å². The standard InChI is InChI=1S/C17H19BrO3.2C16H17BrO/c1-11(20)6-7-17(10-19)9-16(2,3)14-5-4-12(18)8-13(14)15(17)21;2*1-16(2)9-10-3-5-12(18)8-13(10)14-7-11(17)4-6-15(14)16/h4-5,8,10H,6-7,9H2,1-3H3;4,6-7H,3,5,8-9H2,1-2H3;4,6-8,10H,3,5,9H2,1-2H3. The first kappa shape index (κ1) is 43.5. The van der Waals surface area contributed by atoms with Crippen molar-refractivity contribution in [3.8, 4) is 0 Å². The molecule has 5 nitrogen and oxygen atoms in total. The van der Waals surface area contributed by atoms with Gasteiger partial charge in [0, 0.05) is 44.7 Å². The highest BCUT2D eigenvalue weighted by molar-refractivity contribution is 9.11. The van der Waals surface area contributed by atoms with Crippen molar-refractivity contribution in [2.45, 2.75) is 129 Å². The van der Waals surface area contributed by atoms with E-state index in [9.17, 15) is 24.0 Å². The molecular weight excluding hydrogens is 908 g/mol. The van der Waals surface area contributed by atoms with E-state index in [2.05, 4.69) is 112 Å². The minimum Gasteiger partial charge on any atom is -0.302 e. The molecular formula is C49H53Br3O5. The third kappa shape index (κ3) is 9.09. The van der Waals surface area contributed by atoms with Gasteiger partial charge >= 0.3 is 0 Å². The molecule has 8 heteroatoms. The summed E-state index contributed by atoms with van der Waals surface area (Å²) in [5, 5.41) is 0. The van der Waals surface area contributed by atoms with E-state index >= 15 is 0 Å². The lowest BCUT2D eigenvalue weighted by Crippen LogP contribution is -2.45. The van der Waals surface area contributed by atoms with Crippen molar-refractivity contribution in [1.29, 1.82) is 0 Å². The topological polar surface area (TPSA) is 85.3 Å². The molecule has 0 saturated heterocycles. The Morgan fingerprint density at radius 3 is 1.89 bits per heavy atom. The molecule has 0 heterocycles. The maximum Gasteiger partial charge on any atom is 0.176 e. The highest BCUT2D eigenvalue weighted by Gasteiger charge is 2.49. The lowest BCUT2D eigenvalue weighted by atomic mass is 9.59. The van der Waals surface area contributed by atoms with Crippen LogP contribution in [0.3, 0.4) is 0 Å². The zero-order chi connectivity index (χ0) is 41.7. The maximum atomic E-state index is 12.9. The number of allylic oxidation sites excluding steroid dienone is 4. The summed E-state index contributed by atoms with van der Waals surface area (Å²) in [6.07, 6.45) is 9.95. The number of benzene rings is 3. The van der Waals surface area contributed by atoms with Crippen LogP contribution in [-0.2, 0) is 35.4 Å². The molecule has 0 bridgehead atoms. The Kier molecular flexibility index (Phi) is 12.6. The molecule has 3 aromatic carbocycles. The molecule has 0 radical (unpaired) electrons. The van der Waals surface area contributed by atoms with Crippen LogP contribution in [-0.4, -0.2) is 29.4 Å². The van der Waals surface area contributed by atoms with E-state index in [4.69, 9.17) is 0 Å². The van der Waals surface area contributed by atoms with Gasteiger partial charge in [0.25, 0.3) is 0 Å². The first-order valence-corrected chi connectivity index (χ1v) is 22.4.